The van der Waals surface area contributed by atoms with E-state index in [1.165, 1.54) is 24.2 Å². The Bertz CT molecular complexity index is 710. The minimum atomic E-state index is -0.104. The van der Waals surface area contributed by atoms with Gasteiger partial charge in [0.1, 0.15) is 10.7 Å². The van der Waals surface area contributed by atoms with Gasteiger partial charge in [-0.15, -0.1) is 11.3 Å². The maximum Gasteiger partial charge on any atom is 0.270 e. The van der Waals surface area contributed by atoms with E-state index in [9.17, 15) is 4.79 Å². The first kappa shape index (κ1) is 15.8. The number of nitrogens with one attached hydrogen (secondary N) is 1. The zero-order chi connectivity index (χ0) is 16.4. The van der Waals surface area contributed by atoms with Gasteiger partial charge in [0.05, 0.1) is 14.2 Å². The molecule has 1 amide bonds. The highest BCUT2D eigenvalue weighted by Crippen LogP contribution is 2.34. The molecule has 0 aliphatic heterocycles. The van der Waals surface area contributed by atoms with Crippen molar-refractivity contribution in [3.63, 3.8) is 0 Å². The number of aromatic nitrogens is 1. The number of hydrogen-bond donors (Lipinski definition) is 1. The average molecular weight is 332 g/mol. The molecule has 1 N–H and O–H groups in total. The van der Waals surface area contributed by atoms with Gasteiger partial charge in [0.2, 0.25) is 0 Å². The Kier molecular flexibility index (Phi) is 4.52. The number of carbonyl (C=O) groups excluding carboxylic acids is 1. The molecule has 1 saturated carbocycles. The summed E-state index contributed by atoms with van der Waals surface area (Å²) in [7, 11) is 3.20. The van der Waals surface area contributed by atoms with E-state index in [0.717, 1.165) is 10.6 Å². The van der Waals surface area contributed by atoms with E-state index in [2.05, 4.69) is 17.2 Å². The summed E-state index contributed by atoms with van der Waals surface area (Å²) in [6, 6.07) is 5.83. The molecule has 1 aromatic heterocycles. The van der Waals surface area contributed by atoms with Gasteiger partial charge in [0.25, 0.3) is 5.91 Å². The molecular formula is C17H20N2O3S. The van der Waals surface area contributed by atoms with Gasteiger partial charge >= 0.3 is 0 Å². The van der Waals surface area contributed by atoms with Crippen molar-refractivity contribution in [1.82, 2.24) is 10.3 Å². The van der Waals surface area contributed by atoms with Crippen LogP contribution in [0.3, 0.4) is 0 Å². The van der Waals surface area contributed by atoms with E-state index in [-0.39, 0.29) is 11.9 Å². The molecule has 0 bridgehead atoms. The van der Waals surface area contributed by atoms with Gasteiger partial charge in [0.15, 0.2) is 11.5 Å². The van der Waals surface area contributed by atoms with E-state index in [1.54, 1.807) is 19.6 Å². The van der Waals surface area contributed by atoms with Crippen molar-refractivity contribution in [3.05, 3.63) is 29.3 Å². The van der Waals surface area contributed by atoms with Crippen LogP contribution in [0.5, 0.6) is 11.5 Å². The molecule has 1 unspecified atom stereocenters. The minimum absolute atomic E-state index is 0.104. The second-order valence-corrected chi connectivity index (χ2v) is 6.57. The molecule has 0 spiro atoms. The first-order chi connectivity index (χ1) is 11.1. The molecule has 6 heteroatoms. The molecular weight excluding hydrogens is 312 g/mol. The van der Waals surface area contributed by atoms with Crippen molar-refractivity contribution < 1.29 is 14.3 Å². The molecule has 1 atom stereocenters. The number of ether oxygens (including phenoxy) is 2. The molecule has 2 aromatic rings. The molecule has 122 valence electrons. The highest BCUT2D eigenvalue weighted by Gasteiger charge is 2.29. The lowest BCUT2D eigenvalue weighted by molar-refractivity contribution is 0.0931. The van der Waals surface area contributed by atoms with Crippen LogP contribution in [0.15, 0.2) is 23.6 Å². The smallest absolute Gasteiger partial charge is 0.270 e. The number of hydrogen-bond acceptors (Lipinski definition) is 5. The Balaban J connectivity index is 1.77. The third kappa shape index (κ3) is 3.47. The number of amides is 1. The number of nitrogens with zero attached hydrogens (tertiary/aromatic N) is 1. The second-order valence-electron chi connectivity index (χ2n) is 5.71. The summed E-state index contributed by atoms with van der Waals surface area (Å²) in [5.41, 5.74) is 1.37. The number of thiazole rings is 1. The molecule has 23 heavy (non-hydrogen) atoms. The standard InChI is InChI=1S/C17H20N2O3S/c1-10(11-4-5-11)18-16(20)13-9-23-17(19-13)12-6-7-14(21-2)15(8-12)22-3/h6-11H,4-5H2,1-3H3,(H,18,20). The van der Waals surface area contributed by atoms with Gasteiger partial charge < -0.3 is 14.8 Å². The van der Waals surface area contributed by atoms with Crippen LogP contribution in [0.1, 0.15) is 30.3 Å². The summed E-state index contributed by atoms with van der Waals surface area (Å²) in [5, 5.41) is 5.60. The summed E-state index contributed by atoms with van der Waals surface area (Å²) < 4.78 is 10.5. The monoisotopic (exact) mass is 332 g/mol. The molecule has 0 saturated heterocycles. The fourth-order valence-electron chi connectivity index (χ4n) is 2.47. The van der Waals surface area contributed by atoms with E-state index >= 15 is 0 Å². The molecule has 1 aliphatic rings. The Morgan fingerprint density at radius 3 is 2.70 bits per heavy atom. The summed E-state index contributed by atoms with van der Waals surface area (Å²) in [5.74, 6) is 1.84. The summed E-state index contributed by atoms with van der Waals surface area (Å²) in [6.07, 6.45) is 2.41. The number of benzene rings is 1. The Morgan fingerprint density at radius 1 is 1.30 bits per heavy atom. The third-order valence-corrected chi connectivity index (χ3v) is 4.95. The van der Waals surface area contributed by atoms with Crippen molar-refractivity contribution in [1.29, 1.82) is 0 Å². The zero-order valence-corrected chi connectivity index (χ0v) is 14.3. The van der Waals surface area contributed by atoms with Crippen LogP contribution in [0, 0.1) is 5.92 Å². The van der Waals surface area contributed by atoms with Gasteiger partial charge in [-0.25, -0.2) is 4.98 Å². The minimum Gasteiger partial charge on any atom is -0.493 e. The van der Waals surface area contributed by atoms with Crippen LogP contribution in [0.25, 0.3) is 10.6 Å². The van der Waals surface area contributed by atoms with Crippen molar-refractivity contribution >= 4 is 17.2 Å². The first-order valence-electron chi connectivity index (χ1n) is 7.61. The molecule has 1 aromatic carbocycles. The molecule has 1 heterocycles. The predicted octanol–water partition coefficient (Wildman–Crippen LogP) is 3.36. The molecule has 0 radical (unpaired) electrons. The maximum atomic E-state index is 12.2. The van der Waals surface area contributed by atoms with Gasteiger partial charge in [0, 0.05) is 17.0 Å². The quantitative estimate of drug-likeness (QED) is 0.881. The average Bonchev–Trinajstić information content (AvgIpc) is 3.31. The lowest BCUT2D eigenvalue weighted by atomic mass is 10.2. The van der Waals surface area contributed by atoms with E-state index in [0.29, 0.717) is 23.1 Å². The Labute approximate surface area is 139 Å². The highest BCUT2D eigenvalue weighted by atomic mass is 32.1. The Morgan fingerprint density at radius 2 is 2.04 bits per heavy atom. The van der Waals surface area contributed by atoms with Crippen LogP contribution in [0.4, 0.5) is 0 Å². The highest BCUT2D eigenvalue weighted by molar-refractivity contribution is 7.13. The van der Waals surface area contributed by atoms with Crippen LogP contribution in [-0.4, -0.2) is 31.2 Å². The van der Waals surface area contributed by atoms with Gasteiger partial charge in [-0.1, -0.05) is 0 Å². The van der Waals surface area contributed by atoms with Crippen molar-refractivity contribution in [2.24, 2.45) is 5.92 Å². The van der Waals surface area contributed by atoms with E-state index in [1.807, 2.05) is 18.2 Å². The predicted molar refractivity (Wildman–Crippen MR) is 90.3 cm³/mol. The summed E-state index contributed by atoms with van der Waals surface area (Å²) in [6.45, 7) is 2.05. The first-order valence-corrected chi connectivity index (χ1v) is 8.49. The van der Waals surface area contributed by atoms with Crippen LogP contribution in [0.2, 0.25) is 0 Å². The maximum absolute atomic E-state index is 12.2. The second kappa shape index (κ2) is 6.58. The summed E-state index contributed by atoms with van der Waals surface area (Å²) >= 11 is 1.45. The van der Waals surface area contributed by atoms with Crippen molar-refractivity contribution in [2.45, 2.75) is 25.8 Å². The number of carbonyl (C=O) groups is 1. The lowest BCUT2D eigenvalue weighted by Crippen LogP contribution is -2.34. The van der Waals surface area contributed by atoms with Gasteiger partial charge in [-0.2, -0.15) is 0 Å². The van der Waals surface area contributed by atoms with Crippen LogP contribution >= 0.6 is 11.3 Å². The number of methoxy groups -OCH3 is 2. The normalized spacial score (nSPS) is 15.1. The van der Waals surface area contributed by atoms with Gasteiger partial charge in [-0.05, 0) is 43.9 Å². The molecule has 1 aliphatic carbocycles. The largest absolute Gasteiger partial charge is 0.493 e. The van der Waals surface area contributed by atoms with Crippen LogP contribution < -0.4 is 14.8 Å². The lowest BCUT2D eigenvalue weighted by Gasteiger charge is -2.11. The Hall–Kier alpha value is -2.08. The molecule has 3 rings (SSSR count). The van der Waals surface area contributed by atoms with E-state index in [4.69, 9.17) is 9.47 Å². The summed E-state index contributed by atoms with van der Waals surface area (Å²) in [4.78, 5) is 16.7. The number of rotatable bonds is 6. The van der Waals surface area contributed by atoms with Crippen molar-refractivity contribution in [2.75, 3.05) is 14.2 Å². The SMILES string of the molecule is COc1ccc(-c2nc(C(=O)NC(C)C3CC3)cs2)cc1OC. The third-order valence-electron chi connectivity index (χ3n) is 4.06. The fourth-order valence-corrected chi connectivity index (χ4v) is 3.27. The molecule has 5 nitrogen and oxygen atoms in total. The zero-order valence-electron chi connectivity index (χ0n) is 13.5. The van der Waals surface area contributed by atoms with Crippen LogP contribution in [-0.2, 0) is 0 Å². The van der Waals surface area contributed by atoms with Crippen molar-refractivity contribution in [3.8, 4) is 22.1 Å². The topological polar surface area (TPSA) is 60.5 Å². The fraction of sp³-hybridized carbons (Fsp3) is 0.412. The molecule has 1 fully saturated rings. The van der Waals surface area contributed by atoms with Gasteiger partial charge in [-0.3, -0.25) is 4.79 Å². The van der Waals surface area contributed by atoms with E-state index < -0.39 is 0 Å².